The van der Waals surface area contributed by atoms with Crippen molar-refractivity contribution in [2.24, 2.45) is 0 Å². The van der Waals surface area contributed by atoms with Gasteiger partial charge in [-0.1, -0.05) is 6.08 Å². The van der Waals surface area contributed by atoms with Gasteiger partial charge in [-0.2, -0.15) is 4.39 Å². The van der Waals surface area contributed by atoms with Gasteiger partial charge >= 0.3 is 0 Å². The van der Waals surface area contributed by atoms with Crippen LogP contribution in [0.5, 0.6) is 5.75 Å². The number of fused-ring (bicyclic) bond motifs is 3. The Morgan fingerprint density at radius 2 is 2.06 bits per heavy atom. The van der Waals surface area contributed by atoms with E-state index in [1.54, 1.807) is 0 Å². The molecule has 90 valence electrons. The largest absolute Gasteiger partial charge is 0.490 e. The van der Waals surface area contributed by atoms with Crippen LogP contribution in [0.1, 0.15) is 35.4 Å². The zero-order valence-corrected chi connectivity index (χ0v) is 9.56. The van der Waals surface area contributed by atoms with Crippen molar-refractivity contribution in [2.75, 3.05) is 6.61 Å². The first-order valence-electron chi connectivity index (χ1n) is 6.00. The van der Waals surface area contributed by atoms with E-state index in [9.17, 15) is 8.78 Å². The van der Waals surface area contributed by atoms with E-state index >= 15 is 0 Å². The van der Waals surface area contributed by atoms with Crippen LogP contribution in [0.2, 0.25) is 0 Å². The Morgan fingerprint density at radius 1 is 1.24 bits per heavy atom. The lowest BCUT2D eigenvalue weighted by molar-refractivity contribution is 0.331. The Bertz CT molecular complexity index is 494. The Balaban J connectivity index is 2.21. The number of hydrogen-bond donors (Lipinski definition) is 0. The maximum Gasteiger partial charge on any atom is 0.201 e. The topological polar surface area (TPSA) is 9.23 Å². The molecule has 1 atom stereocenters. The van der Waals surface area contributed by atoms with Crippen molar-refractivity contribution in [3.63, 3.8) is 0 Å². The summed E-state index contributed by atoms with van der Waals surface area (Å²) in [6.45, 7) is 4.19. The van der Waals surface area contributed by atoms with E-state index in [0.717, 1.165) is 24.0 Å². The lowest BCUT2D eigenvalue weighted by Gasteiger charge is -2.14. The lowest BCUT2D eigenvalue weighted by atomic mass is 9.91. The predicted molar refractivity (Wildman–Crippen MR) is 61.4 cm³/mol. The zero-order chi connectivity index (χ0) is 12.0. The average molecular weight is 236 g/mol. The Kier molecular flexibility index (Phi) is 2.42. The van der Waals surface area contributed by atoms with E-state index in [-0.39, 0.29) is 11.7 Å². The molecule has 0 amide bonds. The molecule has 0 radical (unpaired) electrons. The summed E-state index contributed by atoms with van der Waals surface area (Å²) >= 11 is 0. The molecule has 1 aromatic rings. The van der Waals surface area contributed by atoms with E-state index in [4.69, 9.17) is 4.74 Å². The van der Waals surface area contributed by atoms with Crippen LogP contribution >= 0.6 is 0 Å². The number of hydrogen-bond acceptors (Lipinski definition) is 1. The van der Waals surface area contributed by atoms with E-state index in [1.807, 2.05) is 6.08 Å². The highest BCUT2D eigenvalue weighted by Gasteiger charge is 2.34. The van der Waals surface area contributed by atoms with Crippen LogP contribution in [0.3, 0.4) is 0 Å². The molecule has 3 rings (SSSR count). The molecule has 0 saturated carbocycles. The minimum atomic E-state index is -0.796. The second kappa shape index (κ2) is 3.83. The minimum Gasteiger partial charge on any atom is -0.490 e. The van der Waals surface area contributed by atoms with Crippen molar-refractivity contribution in [1.29, 1.82) is 0 Å². The van der Waals surface area contributed by atoms with Gasteiger partial charge in [0, 0.05) is 12.0 Å². The first-order valence-corrected chi connectivity index (χ1v) is 6.00. The highest BCUT2D eigenvalue weighted by Crippen LogP contribution is 2.46. The van der Waals surface area contributed by atoms with Gasteiger partial charge in [-0.05, 0) is 36.3 Å². The third-order valence-corrected chi connectivity index (χ3v) is 3.78. The highest BCUT2D eigenvalue weighted by atomic mass is 19.2. The molecular formula is C14H14F2O. The number of allylic oxidation sites excluding steroid dienone is 1. The first-order chi connectivity index (χ1) is 8.24. The fourth-order valence-electron chi connectivity index (χ4n) is 3.08. The quantitative estimate of drug-likeness (QED) is 0.714. The van der Waals surface area contributed by atoms with Gasteiger partial charge in [0.25, 0.3) is 0 Å². The monoisotopic (exact) mass is 236 g/mol. The van der Waals surface area contributed by atoms with Crippen molar-refractivity contribution in [2.45, 2.75) is 31.6 Å². The molecule has 1 unspecified atom stereocenters. The van der Waals surface area contributed by atoms with E-state index in [0.29, 0.717) is 25.0 Å². The van der Waals surface area contributed by atoms with Crippen molar-refractivity contribution in [3.8, 4) is 5.75 Å². The summed E-state index contributed by atoms with van der Waals surface area (Å²) < 4.78 is 32.9. The normalized spacial score (nSPS) is 20.9. The van der Waals surface area contributed by atoms with Crippen molar-refractivity contribution < 1.29 is 13.5 Å². The van der Waals surface area contributed by atoms with Gasteiger partial charge in [-0.3, -0.25) is 0 Å². The first kappa shape index (κ1) is 10.8. The highest BCUT2D eigenvalue weighted by molar-refractivity contribution is 5.53. The molecule has 0 aromatic heterocycles. The van der Waals surface area contributed by atoms with Crippen LogP contribution in [0.15, 0.2) is 12.7 Å². The maximum atomic E-state index is 13.9. The van der Waals surface area contributed by atoms with Gasteiger partial charge in [0.1, 0.15) is 0 Å². The Morgan fingerprint density at radius 3 is 2.82 bits per heavy atom. The van der Waals surface area contributed by atoms with E-state index in [2.05, 4.69) is 6.58 Å². The fourth-order valence-corrected chi connectivity index (χ4v) is 3.08. The molecule has 1 heterocycles. The Hall–Kier alpha value is -1.38. The second-order valence-electron chi connectivity index (χ2n) is 4.69. The van der Waals surface area contributed by atoms with Gasteiger partial charge in [0.2, 0.25) is 5.82 Å². The van der Waals surface area contributed by atoms with Gasteiger partial charge in [-0.15, -0.1) is 6.58 Å². The molecule has 1 nitrogen and oxygen atoms in total. The molecule has 0 N–H and O–H groups in total. The Labute approximate surface area is 99.1 Å². The number of benzene rings is 1. The molecule has 0 fully saturated rings. The molecule has 1 aliphatic carbocycles. The van der Waals surface area contributed by atoms with E-state index in [1.165, 1.54) is 0 Å². The predicted octanol–water partition coefficient (Wildman–Crippen LogP) is 3.51. The molecule has 1 aromatic carbocycles. The molecule has 0 spiro atoms. The lowest BCUT2D eigenvalue weighted by Crippen LogP contribution is -2.01. The molecule has 2 aliphatic rings. The molecule has 0 saturated heterocycles. The van der Waals surface area contributed by atoms with Crippen LogP contribution in [0, 0.1) is 11.6 Å². The van der Waals surface area contributed by atoms with Crippen LogP contribution in [-0.2, 0) is 12.8 Å². The summed E-state index contributed by atoms with van der Waals surface area (Å²) in [5, 5.41) is 0. The number of halogens is 2. The summed E-state index contributed by atoms with van der Waals surface area (Å²) in [5.41, 5.74) is 2.46. The molecule has 1 aliphatic heterocycles. The molecule has 17 heavy (non-hydrogen) atoms. The summed E-state index contributed by atoms with van der Waals surface area (Å²) in [7, 11) is 0. The number of rotatable bonds is 2. The van der Waals surface area contributed by atoms with Gasteiger partial charge in [0.05, 0.1) is 6.61 Å². The van der Waals surface area contributed by atoms with Crippen LogP contribution in [-0.4, -0.2) is 6.61 Å². The minimum absolute atomic E-state index is 0.150. The van der Waals surface area contributed by atoms with Crippen LogP contribution < -0.4 is 4.74 Å². The maximum absolute atomic E-state index is 13.9. The summed E-state index contributed by atoms with van der Waals surface area (Å²) in [4.78, 5) is 0. The zero-order valence-electron chi connectivity index (χ0n) is 9.56. The van der Waals surface area contributed by atoms with Crippen molar-refractivity contribution in [1.82, 2.24) is 0 Å². The average Bonchev–Trinajstić information content (AvgIpc) is 2.92. The van der Waals surface area contributed by atoms with Crippen LogP contribution in [0.25, 0.3) is 0 Å². The fraction of sp³-hybridized carbons (Fsp3) is 0.429. The van der Waals surface area contributed by atoms with E-state index < -0.39 is 11.6 Å². The third kappa shape index (κ3) is 1.41. The summed E-state index contributed by atoms with van der Waals surface area (Å²) in [6.07, 6.45) is 4.88. The van der Waals surface area contributed by atoms with Gasteiger partial charge < -0.3 is 4.74 Å². The summed E-state index contributed by atoms with van der Waals surface area (Å²) in [5.74, 6) is -1.06. The van der Waals surface area contributed by atoms with Gasteiger partial charge in [0.15, 0.2) is 11.6 Å². The summed E-state index contributed by atoms with van der Waals surface area (Å²) in [6, 6.07) is 0. The van der Waals surface area contributed by atoms with Crippen molar-refractivity contribution >= 4 is 0 Å². The number of ether oxygens (including phenoxy) is 1. The SMILES string of the molecule is C=CCC1CCc2c(F)c(F)c3c(c21)CCO3. The standard InChI is InChI=1S/C14H14F2O/c1-2-3-8-4-5-9-11(8)10-6-7-17-14(10)13(16)12(9)15/h2,8H,1,3-7H2. The van der Waals surface area contributed by atoms with Crippen molar-refractivity contribution in [3.05, 3.63) is 41.0 Å². The molecule has 3 heteroatoms. The second-order valence-corrected chi connectivity index (χ2v) is 4.69. The van der Waals surface area contributed by atoms with Crippen LogP contribution in [0.4, 0.5) is 8.78 Å². The van der Waals surface area contributed by atoms with Gasteiger partial charge in [-0.25, -0.2) is 4.39 Å². The third-order valence-electron chi connectivity index (χ3n) is 3.78. The molecular weight excluding hydrogens is 222 g/mol. The smallest absolute Gasteiger partial charge is 0.201 e. The molecule has 0 bridgehead atoms.